The number of carbonyl (C=O) groups is 2. The summed E-state index contributed by atoms with van der Waals surface area (Å²) in [6.45, 7) is 1.85. The van der Waals surface area contributed by atoms with Gasteiger partial charge in [-0.1, -0.05) is 12.1 Å². The highest BCUT2D eigenvalue weighted by Crippen LogP contribution is 2.21. The summed E-state index contributed by atoms with van der Waals surface area (Å²) in [7, 11) is 0. The second kappa shape index (κ2) is 6.82. The molecule has 0 aliphatic carbocycles. The quantitative estimate of drug-likeness (QED) is 0.483. The Labute approximate surface area is 126 Å². The number of esters is 1. The number of Topliss-reactive ketones (excluding diaryl/α,β-unsaturated/α-hetero) is 1. The lowest BCUT2D eigenvalue weighted by Gasteiger charge is -1.99. The lowest BCUT2D eigenvalue weighted by atomic mass is 10.1. The second-order valence-electron chi connectivity index (χ2n) is 4.30. The minimum atomic E-state index is -0.815. The molecule has 0 unspecified atom stereocenters. The van der Waals surface area contributed by atoms with Crippen molar-refractivity contribution >= 4 is 23.1 Å². The van der Waals surface area contributed by atoms with Gasteiger partial charge in [-0.2, -0.15) is 5.26 Å². The van der Waals surface area contributed by atoms with Crippen molar-refractivity contribution in [3.8, 4) is 6.07 Å². The van der Waals surface area contributed by atoms with Crippen molar-refractivity contribution in [3.63, 3.8) is 0 Å². The minimum absolute atomic E-state index is 0.189. The highest BCUT2D eigenvalue weighted by Gasteiger charge is 2.19. The minimum Gasteiger partial charge on any atom is -0.460 e. The summed E-state index contributed by atoms with van der Waals surface area (Å²) in [5.41, 5.74) is 1.66. The van der Waals surface area contributed by atoms with E-state index in [9.17, 15) is 9.59 Å². The van der Waals surface area contributed by atoms with Crippen LogP contribution in [0.5, 0.6) is 0 Å². The highest BCUT2D eigenvalue weighted by molar-refractivity contribution is 7.14. The molecule has 2 aromatic rings. The molecule has 1 heterocycles. The zero-order valence-corrected chi connectivity index (χ0v) is 12.3. The van der Waals surface area contributed by atoms with Crippen LogP contribution in [0.15, 0.2) is 36.4 Å². The predicted octanol–water partition coefficient (Wildman–Crippen LogP) is 2.96. The fourth-order valence-corrected chi connectivity index (χ4v) is 2.76. The van der Waals surface area contributed by atoms with Crippen LogP contribution in [0, 0.1) is 11.3 Å². The van der Waals surface area contributed by atoms with Crippen LogP contribution in [0.4, 0.5) is 0 Å². The lowest BCUT2D eigenvalue weighted by Crippen LogP contribution is -2.16. The zero-order valence-electron chi connectivity index (χ0n) is 11.5. The van der Waals surface area contributed by atoms with Gasteiger partial charge in [0, 0.05) is 11.3 Å². The van der Waals surface area contributed by atoms with Crippen molar-refractivity contribution in [2.24, 2.45) is 0 Å². The van der Waals surface area contributed by atoms with E-state index >= 15 is 0 Å². The van der Waals surface area contributed by atoms with E-state index in [0.717, 1.165) is 10.4 Å². The van der Waals surface area contributed by atoms with Crippen molar-refractivity contribution in [1.29, 1.82) is 5.26 Å². The Morgan fingerprint density at radius 1 is 1.19 bits per heavy atom. The van der Waals surface area contributed by atoms with Crippen LogP contribution in [0.3, 0.4) is 0 Å². The number of rotatable bonds is 5. The van der Waals surface area contributed by atoms with Gasteiger partial charge in [-0.15, -0.1) is 11.3 Å². The molecule has 1 aromatic heterocycles. The standard InChI is InChI=1S/C16H13NO3S/c1-2-20-16(19)15(18)14-8-7-13(21-14)9-11-3-5-12(10-17)6-4-11/h3-8H,2,9H2,1H3. The number of carbonyl (C=O) groups excluding carboxylic acids is 2. The first kappa shape index (κ1) is 14.9. The number of nitrogens with zero attached hydrogens (tertiary/aromatic N) is 1. The molecular weight excluding hydrogens is 286 g/mol. The molecule has 5 heteroatoms. The molecule has 0 spiro atoms. The summed E-state index contributed by atoms with van der Waals surface area (Å²) < 4.78 is 4.70. The van der Waals surface area contributed by atoms with Crippen LogP contribution in [0.25, 0.3) is 0 Å². The van der Waals surface area contributed by atoms with Crippen molar-refractivity contribution in [1.82, 2.24) is 0 Å². The number of thiophene rings is 1. The first-order valence-electron chi connectivity index (χ1n) is 6.43. The van der Waals surface area contributed by atoms with Crippen LogP contribution in [-0.4, -0.2) is 18.4 Å². The van der Waals surface area contributed by atoms with Crippen molar-refractivity contribution in [2.45, 2.75) is 13.3 Å². The first-order valence-corrected chi connectivity index (χ1v) is 7.25. The molecule has 1 aromatic carbocycles. The topological polar surface area (TPSA) is 67.2 Å². The molecule has 0 atom stereocenters. The van der Waals surface area contributed by atoms with Gasteiger partial charge in [-0.3, -0.25) is 4.79 Å². The Morgan fingerprint density at radius 2 is 1.90 bits per heavy atom. The summed E-state index contributed by atoms with van der Waals surface area (Å²) in [5, 5.41) is 8.75. The predicted molar refractivity (Wildman–Crippen MR) is 79.2 cm³/mol. The van der Waals surface area contributed by atoms with E-state index in [1.165, 1.54) is 11.3 Å². The monoisotopic (exact) mass is 299 g/mol. The summed E-state index contributed by atoms with van der Waals surface area (Å²) in [5.74, 6) is -1.42. The molecule has 0 N–H and O–H groups in total. The third kappa shape index (κ3) is 3.77. The Balaban J connectivity index is 2.07. The largest absolute Gasteiger partial charge is 0.460 e. The molecule has 0 fully saturated rings. The molecular formula is C16H13NO3S. The summed E-state index contributed by atoms with van der Waals surface area (Å²) in [6.07, 6.45) is 0.659. The van der Waals surface area contributed by atoms with Gasteiger partial charge in [0.25, 0.3) is 5.78 Å². The average Bonchev–Trinajstić information content (AvgIpc) is 2.96. The number of hydrogen-bond donors (Lipinski definition) is 0. The van der Waals surface area contributed by atoms with E-state index in [0.29, 0.717) is 16.9 Å². The molecule has 0 aliphatic rings. The third-order valence-electron chi connectivity index (χ3n) is 2.81. The molecule has 2 rings (SSSR count). The second-order valence-corrected chi connectivity index (χ2v) is 5.47. The Bertz CT molecular complexity index is 695. The van der Waals surface area contributed by atoms with E-state index in [2.05, 4.69) is 6.07 Å². The Morgan fingerprint density at radius 3 is 2.52 bits per heavy atom. The third-order valence-corrected chi connectivity index (χ3v) is 3.89. The summed E-state index contributed by atoms with van der Waals surface area (Å²) >= 11 is 1.28. The molecule has 0 amide bonds. The van der Waals surface area contributed by atoms with Crippen LogP contribution in [-0.2, 0) is 16.0 Å². The molecule has 0 aliphatic heterocycles. The molecule has 0 saturated carbocycles. The molecule has 0 saturated heterocycles. The number of benzene rings is 1. The van der Waals surface area contributed by atoms with Gasteiger partial charge in [-0.05, 0) is 36.8 Å². The van der Waals surface area contributed by atoms with Gasteiger partial charge in [-0.25, -0.2) is 4.79 Å². The van der Waals surface area contributed by atoms with E-state index < -0.39 is 11.8 Å². The lowest BCUT2D eigenvalue weighted by molar-refractivity contribution is -0.137. The fourth-order valence-electron chi connectivity index (χ4n) is 1.79. The first-order chi connectivity index (χ1) is 10.1. The number of ketones is 1. The smallest absolute Gasteiger partial charge is 0.380 e. The number of nitriles is 1. The van der Waals surface area contributed by atoms with Crippen molar-refractivity contribution in [2.75, 3.05) is 6.61 Å². The van der Waals surface area contributed by atoms with Gasteiger partial charge >= 0.3 is 5.97 Å². The van der Waals surface area contributed by atoms with E-state index in [1.807, 2.05) is 18.2 Å². The van der Waals surface area contributed by atoms with Crippen LogP contribution >= 0.6 is 11.3 Å². The van der Waals surface area contributed by atoms with Gasteiger partial charge in [0.1, 0.15) is 0 Å². The Kier molecular flexibility index (Phi) is 4.85. The summed E-state index contributed by atoms with van der Waals surface area (Å²) in [4.78, 5) is 24.5. The van der Waals surface area contributed by atoms with Gasteiger partial charge in [0.2, 0.25) is 0 Å². The fraction of sp³-hybridized carbons (Fsp3) is 0.188. The van der Waals surface area contributed by atoms with E-state index in [1.54, 1.807) is 25.1 Å². The van der Waals surface area contributed by atoms with Crippen LogP contribution in [0.2, 0.25) is 0 Å². The SMILES string of the molecule is CCOC(=O)C(=O)c1ccc(Cc2ccc(C#N)cc2)s1. The van der Waals surface area contributed by atoms with Gasteiger partial charge in [0.05, 0.1) is 23.1 Å². The van der Waals surface area contributed by atoms with E-state index in [4.69, 9.17) is 10.00 Å². The molecule has 0 radical (unpaired) electrons. The maximum atomic E-state index is 11.8. The summed E-state index contributed by atoms with van der Waals surface area (Å²) in [6, 6.07) is 12.8. The highest BCUT2D eigenvalue weighted by atomic mass is 32.1. The van der Waals surface area contributed by atoms with Crippen molar-refractivity contribution < 1.29 is 14.3 Å². The molecule has 4 nitrogen and oxygen atoms in total. The van der Waals surface area contributed by atoms with Gasteiger partial charge in [0.15, 0.2) is 0 Å². The van der Waals surface area contributed by atoms with Crippen molar-refractivity contribution in [3.05, 3.63) is 57.3 Å². The molecule has 0 bridgehead atoms. The molecule has 106 valence electrons. The van der Waals surface area contributed by atoms with Crippen LogP contribution in [0.1, 0.15) is 32.6 Å². The maximum absolute atomic E-state index is 11.8. The maximum Gasteiger partial charge on any atom is 0.380 e. The van der Waals surface area contributed by atoms with E-state index in [-0.39, 0.29) is 6.61 Å². The normalized spacial score (nSPS) is 9.90. The van der Waals surface area contributed by atoms with Gasteiger partial charge < -0.3 is 4.74 Å². The zero-order chi connectivity index (χ0) is 15.2. The molecule has 21 heavy (non-hydrogen) atoms. The van der Waals surface area contributed by atoms with Crippen LogP contribution < -0.4 is 0 Å². The Hall–Kier alpha value is -2.45. The number of ether oxygens (including phenoxy) is 1. The number of hydrogen-bond acceptors (Lipinski definition) is 5. The average molecular weight is 299 g/mol.